The third-order valence-corrected chi connectivity index (χ3v) is 3.36. The molecule has 1 N–H and O–H groups in total. The molecule has 0 aliphatic carbocycles. The summed E-state index contributed by atoms with van der Waals surface area (Å²) in [4.78, 5) is 14.1. The molecule has 0 saturated carbocycles. The van der Waals surface area contributed by atoms with Crippen molar-refractivity contribution < 1.29 is 9.90 Å². The first-order valence-corrected chi connectivity index (χ1v) is 6.75. The monoisotopic (exact) mass is 269 g/mol. The number of rotatable bonds is 4. The van der Waals surface area contributed by atoms with Gasteiger partial charge in [-0.05, 0) is 37.1 Å². The second kappa shape index (κ2) is 6.24. The number of phenolic OH excluding ortho intramolecular Hbond substituents is 1. The average Bonchev–Trinajstić information content (AvgIpc) is 2.42. The van der Waals surface area contributed by atoms with Crippen LogP contribution in [0.15, 0.2) is 48.5 Å². The fraction of sp³-hybridized carbons (Fsp3) is 0.235. The topological polar surface area (TPSA) is 40.5 Å². The van der Waals surface area contributed by atoms with Crippen LogP contribution in [-0.2, 0) is 11.2 Å². The van der Waals surface area contributed by atoms with Crippen LogP contribution in [0.4, 0.5) is 5.69 Å². The molecule has 2 rings (SSSR count). The molecular formula is C17H19NO2. The molecule has 0 radical (unpaired) electrons. The minimum atomic E-state index is 0.0346. The number of benzene rings is 2. The van der Waals surface area contributed by atoms with Crippen LogP contribution in [0, 0.1) is 6.92 Å². The molecule has 2 aromatic rings. The summed E-state index contributed by atoms with van der Waals surface area (Å²) in [6.45, 7) is 4.52. The molecular weight excluding hydrogens is 250 g/mol. The van der Waals surface area contributed by atoms with E-state index in [9.17, 15) is 9.90 Å². The zero-order valence-corrected chi connectivity index (χ0v) is 11.8. The van der Waals surface area contributed by atoms with E-state index >= 15 is 0 Å². The van der Waals surface area contributed by atoms with Gasteiger partial charge in [-0.3, -0.25) is 4.79 Å². The summed E-state index contributed by atoms with van der Waals surface area (Å²) in [5, 5.41) is 9.54. The van der Waals surface area contributed by atoms with Gasteiger partial charge in [0.15, 0.2) is 0 Å². The second-order valence-corrected chi connectivity index (χ2v) is 4.76. The van der Waals surface area contributed by atoms with Crippen LogP contribution in [0.2, 0.25) is 0 Å². The summed E-state index contributed by atoms with van der Waals surface area (Å²) in [5.41, 5.74) is 2.88. The van der Waals surface area contributed by atoms with E-state index in [1.54, 1.807) is 23.1 Å². The van der Waals surface area contributed by atoms with E-state index in [2.05, 4.69) is 0 Å². The van der Waals surface area contributed by atoms with E-state index in [1.165, 1.54) is 0 Å². The highest BCUT2D eigenvalue weighted by Crippen LogP contribution is 2.21. The van der Waals surface area contributed by atoms with Gasteiger partial charge in [0.1, 0.15) is 5.75 Å². The van der Waals surface area contributed by atoms with E-state index < -0.39 is 0 Å². The predicted octanol–water partition coefficient (Wildman–Crippen LogP) is 3.30. The van der Waals surface area contributed by atoms with Crippen molar-refractivity contribution in [3.63, 3.8) is 0 Å². The average molecular weight is 269 g/mol. The molecule has 20 heavy (non-hydrogen) atoms. The minimum absolute atomic E-state index is 0.0346. The summed E-state index contributed by atoms with van der Waals surface area (Å²) in [5.74, 6) is 0.206. The van der Waals surface area contributed by atoms with E-state index in [1.807, 2.05) is 44.2 Å². The van der Waals surface area contributed by atoms with E-state index in [0.29, 0.717) is 13.0 Å². The molecule has 0 aliphatic rings. The maximum Gasteiger partial charge on any atom is 0.231 e. The Bertz CT molecular complexity index is 607. The van der Waals surface area contributed by atoms with Crippen molar-refractivity contribution in [2.75, 3.05) is 11.4 Å². The molecule has 0 heterocycles. The van der Waals surface area contributed by atoms with Crippen molar-refractivity contribution in [1.82, 2.24) is 0 Å². The normalized spacial score (nSPS) is 10.3. The highest BCUT2D eigenvalue weighted by atomic mass is 16.3. The van der Waals surface area contributed by atoms with E-state index in [0.717, 1.165) is 16.8 Å². The molecule has 0 unspecified atom stereocenters. The lowest BCUT2D eigenvalue weighted by atomic mass is 10.1. The lowest BCUT2D eigenvalue weighted by molar-refractivity contribution is -0.117. The van der Waals surface area contributed by atoms with Gasteiger partial charge in [-0.1, -0.05) is 30.3 Å². The minimum Gasteiger partial charge on any atom is -0.508 e. The van der Waals surface area contributed by atoms with Crippen LogP contribution in [0.25, 0.3) is 0 Å². The number of anilines is 1. The molecule has 0 bridgehead atoms. The fourth-order valence-corrected chi connectivity index (χ4v) is 2.23. The predicted molar refractivity (Wildman–Crippen MR) is 81.0 cm³/mol. The molecule has 3 nitrogen and oxygen atoms in total. The first-order valence-electron chi connectivity index (χ1n) is 6.75. The Hall–Kier alpha value is -2.29. The smallest absolute Gasteiger partial charge is 0.231 e. The van der Waals surface area contributed by atoms with Gasteiger partial charge in [0.25, 0.3) is 0 Å². The number of hydrogen-bond acceptors (Lipinski definition) is 2. The first-order chi connectivity index (χ1) is 9.61. The van der Waals surface area contributed by atoms with Crippen molar-refractivity contribution in [2.24, 2.45) is 0 Å². The second-order valence-electron chi connectivity index (χ2n) is 4.76. The summed E-state index contributed by atoms with van der Waals surface area (Å²) in [7, 11) is 0. The third-order valence-electron chi connectivity index (χ3n) is 3.36. The SMILES string of the molecule is CCN(C(=O)Cc1ccccc1C)c1cccc(O)c1. The number of hydrogen-bond donors (Lipinski definition) is 1. The lowest BCUT2D eigenvalue weighted by Gasteiger charge is -2.21. The quantitative estimate of drug-likeness (QED) is 0.925. The summed E-state index contributed by atoms with van der Waals surface area (Å²) < 4.78 is 0. The Morgan fingerprint density at radius 1 is 1.15 bits per heavy atom. The molecule has 104 valence electrons. The Labute approximate surface area is 119 Å². The lowest BCUT2D eigenvalue weighted by Crippen LogP contribution is -2.32. The van der Waals surface area contributed by atoms with E-state index in [4.69, 9.17) is 0 Å². The highest BCUT2D eigenvalue weighted by molar-refractivity contribution is 5.95. The molecule has 2 aromatic carbocycles. The molecule has 1 amide bonds. The summed E-state index contributed by atoms with van der Waals surface area (Å²) in [6, 6.07) is 14.7. The number of nitrogens with zero attached hydrogens (tertiary/aromatic N) is 1. The van der Waals surface area contributed by atoms with Crippen LogP contribution in [0.1, 0.15) is 18.1 Å². The molecule has 0 aromatic heterocycles. The number of phenols is 1. The van der Waals surface area contributed by atoms with Gasteiger partial charge in [0, 0.05) is 18.3 Å². The van der Waals surface area contributed by atoms with Crippen LogP contribution >= 0.6 is 0 Å². The number of carbonyl (C=O) groups excluding carboxylic acids is 1. The summed E-state index contributed by atoms with van der Waals surface area (Å²) in [6.07, 6.45) is 0.371. The van der Waals surface area contributed by atoms with Crippen LogP contribution < -0.4 is 4.90 Å². The first kappa shape index (κ1) is 14.1. The Morgan fingerprint density at radius 3 is 2.55 bits per heavy atom. The molecule has 0 saturated heterocycles. The van der Waals surface area contributed by atoms with Crippen LogP contribution in [0.3, 0.4) is 0 Å². The molecule has 0 spiro atoms. The number of aryl methyl sites for hydroxylation is 1. The number of aromatic hydroxyl groups is 1. The van der Waals surface area contributed by atoms with Gasteiger partial charge >= 0.3 is 0 Å². The Kier molecular flexibility index (Phi) is 4.41. The van der Waals surface area contributed by atoms with Gasteiger partial charge in [-0.25, -0.2) is 0 Å². The van der Waals surface area contributed by atoms with Gasteiger partial charge in [0.05, 0.1) is 6.42 Å². The highest BCUT2D eigenvalue weighted by Gasteiger charge is 2.15. The Balaban J connectivity index is 2.20. The van der Waals surface area contributed by atoms with Crippen molar-refractivity contribution in [3.8, 4) is 5.75 Å². The number of likely N-dealkylation sites (N-methyl/N-ethyl adjacent to an activating group) is 1. The number of carbonyl (C=O) groups is 1. The van der Waals surface area contributed by atoms with Crippen molar-refractivity contribution >= 4 is 11.6 Å². The van der Waals surface area contributed by atoms with Crippen molar-refractivity contribution in [1.29, 1.82) is 0 Å². The largest absolute Gasteiger partial charge is 0.508 e. The molecule has 0 fully saturated rings. The summed E-state index contributed by atoms with van der Waals surface area (Å²) >= 11 is 0. The third kappa shape index (κ3) is 3.18. The van der Waals surface area contributed by atoms with Gasteiger partial charge in [-0.15, -0.1) is 0 Å². The molecule has 3 heteroatoms. The molecule has 0 atom stereocenters. The van der Waals surface area contributed by atoms with Crippen molar-refractivity contribution in [3.05, 3.63) is 59.7 Å². The number of amides is 1. The maximum atomic E-state index is 12.5. The van der Waals surface area contributed by atoms with Crippen LogP contribution in [0.5, 0.6) is 5.75 Å². The van der Waals surface area contributed by atoms with Gasteiger partial charge in [0.2, 0.25) is 5.91 Å². The fourth-order valence-electron chi connectivity index (χ4n) is 2.23. The van der Waals surface area contributed by atoms with Crippen LogP contribution in [-0.4, -0.2) is 17.6 Å². The van der Waals surface area contributed by atoms with E-state index in [-0.39, 0.29) is 11.7 Å². The van der Waals surface area contributed by atoms with Gasteiger partial charge in [-0.2, -0.15) is 0 Å². The standard InChI is InChI=1S/C17H19NO2/c1-3-18(15-9-6-10-16(19)12-15)17(20)11-14-8-5-4-7-13(14)2/h4-10,12,19H,3,11H2,1-2H3. The zero-order chi connectivity index (χ0) is 14.5. The zero-order valence-electron chi connectivity index (χ0n) is 11.8. The van der Waals surface area contributed by atoms with Gasteiger partial charge < -0.3 is 10.0 Å². The maximum absolute atomic E-state index is 12.5. The van der Waals surface area contributed by atoms with Crippen molar-refractivity contribution in [2.45, 2.75) is 20.3 Å². The Morgan fingerprint density at radius 2 is 1.90 bits per heavy atom. The molecule has 0 aliphatic heterocycles.